The van der Waals surface area contributed by atoms with Crippen molar-refractivity contribution in [2.24, 2.45) is 11.7 Å². The summed E-state index contributed by atoms with van der Waals surface area (Å²) in [6, 6.07) is 0. The Morgan fingerprint density at radius 3 is 2.80 bits per heavy atom. The lowest BCUT2D eigenvalue weighted by Crippen LogP contribution is -2.37. The first-order valence-electron chi connectivity index (χ1n) is 5.76. The highest BCUT2D eigenvalue weighted by Crippen LogP contribution is 2.16. The van der Waals surface area contributed by atoms with E-state index in [2.05, 4.69) is 23.1 Å². The van der Waals surface area contributed by atoms with E-state index in [-0.39, 0.29) is 0 Å². The first-order chi connectivity index (χ1) is 7.38. The number of allylic oxidation sites excluding steroid dienone is 1. The number of nitrogens with zero attached hydrogens (tertiary/aromatic N) is 1. The molecule has 3 nitrogen and oxygen atoms in total. The van der Waals surface area contributed by atoms with Crippen LogP contribution in [-0.4, -0.2) is 44.3 Å². The largest absolute Gasteiger partial charge is 0.379 e. The Bertz CT molecular complexity index is 254. The third kappa shape index (κ3) is 3.16. The minimum atomic E-state index is 0.554. The van der Waals surface area contributed by atoms with Crippen molar-refractivity contribution in [1.82, 2.24) is 4.90 Å². The Balaban J connectivity index is 1.80. The average Bonchev–Trinajstić information content (AvgIpc) is 2.31. The Kier molecular flexibility index (Phi) is 3.94. The standard InChI is InChI=1S/C12H20N2O/c13-9-11-1-3-12(4-2-11)10-14-5-7-15-8-6-14/h1,3-4,11H,2,5-10,13H2. The molecular formula is C12H20N2O. The molecule has 0 aromatic heterocycles. The highest BCUT2D eigenvalue weighted by molar-refractivity contribution is 5.25. The molecule has 1 aliphatic heterocycles. The maximum absolute atomic E-state index is 5.63. The molecule has 2 N–H and O–H groups in total. The number of hydrogen-bond donors (Lipinski definition) is 1. The van der Waals surface area contributed by atoms with E-state index in [1.54, 1.807) is 0 Å². The van der Waals surface area contributed by atoms with Crippen molar-refractivity contribution in [3.8, 4) is 0 Å². The number of ether oxygens (including phenoxy) is 1. The van der Waals surface area contributed by atoms with Gasteiger partial charge in [0.1, 0.15) is 0 Å². The fourth-order valence-corrected chi connectivity index (χ4v) is 2.02. The summed E-state index contributed by atoms with van der Waals surface area (Å²) in [7, 11) is 0. The molecule has 1 unspecified atom stereocenters. The molecule has 0 amide bonds. The van der Waals surface area contributed by atoms with Crippen LogP contribution in [0.1, 0.15) is 6.42 Å². The Labute approximate surface area is 91.6 Å². The number of nitrogens with two attached hydrogens (primary N) is 1. The van der Waals surface area contributed by atoms with Crippen LogP contribution in [0.25, 0.3) is 0 Å². The fraction of sp³-hybridized carbons (Fsp3) is 0.667. The number of morpholine rings is 1. The van der Waals surface area contributed by atoms with E-state index in [1.165, 1.54) is 5.57 Å². The lowest BCUT2D eigenvalue weighted by atomic mass is 9.96. The smallest absolute Gasteiger partial charge is 0.0594 e. The molecule has 0 spiro atoms. The van der Waals surface area contributed by atoms with Gasteiger partial charge in [0.05, 0.1) is 13.2 Å². The van der Waals surface area contributed by atoms with Gasteiger partial charge in [-0.2, -0.15) is 0 Å². The van der Waals surface area contributed by atoms with Crippen molar-refractivity contribution in [2.45, 2.75) is 6.42 Å². The zero-order valence-corrected chi connectivity index (χ0v) is 9.19. The van der Waals surface area contributed by atoms with Crippen molar-refractivity contribution >= 4 is 0 Å². The van der Waals surface area contributed by atoms with Crippen LogP contribution in [0.4, 0.5) is 0 Å². The van der Waals surface area contributed by atoms with Crippen LogP contribution in [0.15, 0.2) is 23.8 Å². The molecule has 0 aromatic rings. The second-order valence-corrected chi connectivity index (χ2v) is 4.26. The van der Waals surface area contributed by atoms with Crippen LogP contribution in [0.2, 0.25) is 0 Å². The highest BCUT2D eigenvalue weighted by atomic mass is 16.5. The molecule has 1 fully saturated rings. The topological polar surface area (TPSA) is 38.5 Å². The van der Waals surface area contributed by atoms with Crippen LogP contribution in [0.5, 0.6) is 0 Å². The predicted molar refractivity (Wildman–Crippen MR) is 61.6 cm³/mol. The Morgan fingerprint density at radius 2 is 2.20 bits per heavy atom. The number of hydrogen-bond acceptors (Lipinski definition) is 3. The van der Waals surface area contributed by atoms with Gasteiger partial charge in [0.15, 0.2) is 0 Å². The van der Waals surface area contributed by atoms with E-state index in [0.29, 0.717) is 5.92 Å². The minimum absolute atomic E-state index is 0.554. The van der Waals surface area contributed by atoms with Crippen molar-refractivity contribution in [3.63, 3.8) is 0 Å². The monoisotopic (exact) mass is 208 g/mol. The quantitative estimate of drug-likeness (QED) is 0.745. The van der Waals surface area contributed by atoms with Gasteiger partial charge in [0.25, 0.3) is 0 Å². The van der Waals surface area contributed by atoms with Gasteiger partial charge in [-0.05, 0) is 24.5 Å². The normalized spacial score (nSPS) is 27.8. The molecule has 0 radical (unpaired) electrons. The first-order valence-corrected chi connectivity index (χ1v) is 5.76. The van der Waals surface area contributed by atoms with Gasteiger partial charge in [-0.25, -0.2) is 0 Å². The van der Waals surface area contributed by atoms with Crippen LogP contribution in [0, 0.1) is 5.92 Å². The molecule has 1 atom stereocenters. The van der Waals surface area contributed by atoms with Gasteiger partial charge >= 0.3 is 0 Å². The van der Waals surface area contributed by atoms with Crippen LogP contribution in [-0.2, 0) is 4.74 Å². The molecular weight excluding hydrogens is 188 g/mol. The maximum atomic E-state index is 5.63. The maximum Gasteiger partial charge on any atom is 0.0594 e. The minimum Gasteiger partial charge on any atom is -0.379 e. The molecule has 0 bridgehead atoms. The zero-order chi connectivity index (χ0) is 10.5. The summed E-state index contributed by atoms with van der Waals surface area (Å²) in [6.45, 7) is 5.71. The van der Waals surface area contributed by atoms with Crippen molar-refractivity contribution in [2.75, 3.05) is 39.4 Å². The average molecular weight is 208 g/mol. The Hall–Kier alpha value is -0.640. The summed E-state index contributed by atoms with van der Waals surface area (Å²) in [5.74, 6) is 0.554. The van der Waals surface area contributed by atoms with E-state index < -0.39 is 0 Å². The molecule has 0 saturated carbocycles. The third-order valence-electron chi connectivity index (χ3n) is 3.08. The molecule has 1 heterocycles. The van der Waals surface area contributed by atoms with E-state index in [4.69, 9.17) is 10.5 Å². The fourth-order valence-electron chi connectivity index (χ4n) is 2.02. The van der Waals surface area contributed by atoms with Crippen LogP contribution < -0.4 is 5.73 Å². The Morgan fingerprint density at radius 1 is 1.40 bits per heavy atom. The highest BCUT2D eigenvalue weighted by Gasteiger charge is 2.13. The van der Waals surface area contributed by atoms with E-state index in [9.17, 15) is 0 Å². The van der Waals surface area contributed by atoms with E-state index in [1.807, 2.05) is 0 Å². The summed E-state index contributed by atoms with van der Waals surface area (Å²) in [4.78, 5) is 2.45. The molecule has 1 aliphatic carbocycles. The molecule has 2 aliphatic rings. The van der Waals surface area contributed by atoms with Gasteiger partial charge in [-0.15, -0.1) is 0 Å². The zero-order valence-electron chi connectivity index (χ0n) is 9.19. The van der Waals surface area contributed by atoms with Crippen LogP contribution in [0.3, 0.4) is 0 Å². The predicted octanol–water partition coefficient (Wildman–Crippen LogP) is 0.780. The molecule has 0 aromatic carbocycles. The molecule has 3 heteroatoms. The summed E-state index contributed by atoms with van der Waals surface area (Å²) in [5.41, 5.74) is 7.06. The first kappa shape index (κ1) is 10.9. The van der Waals surface area contributed by atoms with Crippen molar-refractivity contribution in [3.05, 3.63) is 23.8 Å². The third-order valence-corrected chi connectivity index (χ3v) is 3.08. The summed E-state index contributed by atoms with van der Waals surface area (Å²) in [6.07, 6.45) is 7.91. The van der Waals surface area contributed by atoms with E-state index >= 15 is 0 Å². The lowest BCUT2D eigenvalue weighted by molar-refractivity contribution is 0.0425. The summed E-state index contributed by atoms with van der Waals surface area (Å²) >= 11 is 0. The van der Waals surface area contributed by atoms with Gasteiger partial charge in [0.2, 0.25) is 0 Å². The summed E-state index contributed by atoms with van der Waals surface area (Å²) < 4.78 is 5.33. The van der Waals surface area contributed by atoms with Gasteiger partial charge in [-0.3, -0.25) is 4.90 Å². The molecule has 2 rings (SSSR count). The van der Waals surface area contributed by atoms with Crippen LogP contribution >= 0.6 is 0 Å². The lowest BCUT2D eigenvalue weighted by Gasteiger charge is -2.27. The van der Waals surface area contributed by atoms with Gasteiger partial charge in [0, 0.05) is 19.6 Å². The summed E-state index contributed by atoms with van der Waals surface area (Å²) in [5, 5.41) is 0. The van der Waals surface area contributed by atoms with E-state index in [0.717, 1.165) is 45.8 Å². The van der Waals surface area contributed by atoms with Crippen molar-refractivity contribution in [1.29, 1.82) is 0 Å². The SMILES string of the molecule is NCC1C=CC(CN2CCOCC2)=CC1. The second-order valence-electron chi connectivity index (χ2n) is 4.26. The molecule has 1 saturated heterocycles. The number of rotatable bonds is 3. The van der Waals surface area contributed by atoms with Gasteiger partial charge in [-0.1, -0.05) is 18.2 Å². The molecule has 84 valence electrons. The molecule has 15 heavy (non-hydrogen) atoms. The van der Waals surface area contributed by atoms with Gasteiger partial charge < -0.3 is 10.5 Å². The second kappa shape index (κ2) is 5.45. The van der Waals surface area contributed by atoms with Crippen molar-refractivity contribution < 1.29 is 4.74 Å².